The van der Waals surface area contributed by atoms with Crippen molar-refractivity contribution < 1.29 is 4.79 Å². The number of para-hydroxylation sites is 1. The number of nitrogens with zero attached hydrogens (tertiary/aromatic N) is 4. The molecule has 1 unspecified atom stereocenters. The first-order valence-corrected chi connectivity index (χ1v) is 9.34. The van der Waals surface area contributed by atoms with Gasteiger partial charge in [-0.3, -0.25) is 0 Å². The van der Waals surface area contributed by atoms with Gasteiger partial charge in [-0.1, -0.05) is 30.3 Å². The fraction of sp³-hybridized carbons (Fsp3) is 0.333. The van der Waals surface area contributed by atoms with E-state index in [-0.39, 0.29) is 12.1 Å². The van der Waals surface area contributed by atoms with Crippen molar-refractivity contribution in [2.24, 2.45) is 0 Å². The molecule has 8 heteroatoms. The molecule has 136 valence electrons. The largest absolute Gasteiger partial charge is 0.329 e. The maximum Gasteiger partial charge on any atom is 0.316 e. The molecule has 2 amide bonds. The zero-order valence-electron chi connectivity index (χ0n) is 15.0. The molecule has 7 nitrogen and oxygen atoms in total. The average Bonchev–Trinajstić information content (AvgIpc) is 3.32. The van der Waals surface area contributed by atoms with Crippen LogP contribution in [0.3, 0.4) is 0 Å². The summed E-state index contributed by atoms with van der Waals surface area (Å²) >= 11 is 1.53. The lowest BCUT2D eigenvalue weighted by Gasteiger charge is -2.25. The normalized spacial score (nSPS) is 12.6. The van der Waals surface area contributed by atoms with Crippen molar-refractivity contribution in [2.45, 2.75) is 38.8 Å². The van der Waals surface area contributed by atoms with Crippen molar-refractivity contribution in [1.82, 2.24) is 30.6 Å². The smallest absolute Gasteiger partial charge is 0.316 e. The molecule has 0 aliphatic heterocycles. The van der Waals surface area contributed by atoms with Gasteiger partial charge in [-0.25, -0.2) is 14.5 Å². The zero-order valence-corrected chi connectivity index (χ0v) is 15.8. The van der Waals surface area contributed by atoms with Crippen molar-refractivity contribution >= 4 is 17.4 Å². The molecule has 0 fully saturated rings. The van der Waals surface area contributed by atoms with Crippen molar-refractivity contribution in [3.8, 4) is 5.69 Å². The van der Waals surface area contributed by atoms with E-state index in [4.69, 9.17) is 0 Å². The summed E-state index contributed by atoms with van der Waals surface area (Å²) in [4.78, 5) is 16.8. The Morgan fingerprint density at radius 3 is 2.73 bits per heavy atom. The Balaban J connectivity index is 1.68. The molecular weight excluding hydrogens is 348 g/mol. The van der Waals surface area contributed by atoms with Crippen LogP contribution in [0.25, 0.3) is 5.69 Å². The van der Waals surface area contributed by atoms with Crippen LogP contribution in [0.5, 0.6) is 0 Å². The van der Waals surface area contributed by atoms with E-state index < -0.39 is 5.54 Å². The highest BCUT2D eigenvalue weighted by molar-refractivity contribution is 7.09. The van der Waals surface area contributed by atoms with Crippen molar-refractivity contribution in [3.05, 3.63) is 58.8 Å². The van der Waals surface area contributed by atoms with Gasteiger partial charge in [0.1, 0.15) is 10.7 Å². The highest BCUT2D eigenvalue weighted by Crippen LogP contribution is 2.21. The Hall–Kier alpha value is -2.74. The van der Waals surface area contributed by atoms with Crippen LogP contribution in [0, 0.1) is 0 Å². The van der Waals surface area contributed by atoms with Gasteiger partial charge in [0, 0.05) is 11.6 Å². The number of aromatic nitrogens is 4. The summed E-state index contributed by atoms with van der Waals surface area (Å²) in [6.07, 6.45) is 4.34. The molecule has 0 bridgehead atoms. The molecule has 26 heavy (non-hydrogen) atoms. The highest BCUT2D eigenvalue weighted by Gasteiger charge is 2.27. The van der Waals surface area contributed by atoms with Gasteiger partial charge < -0.3 is 10.6 Å². The molecule has 0 aliphatic carbocycles. The van der Waals surface area contributed by atoms with Gasteiger partial charge in [0.25, 0.3) is 0 Å². The number of hydrogen-bond donors (Lipinski definition) is 2. The minimum atomic E-state index is -0.668. The average molecular weight is 370 g/mol. The molecule has 3 aromatic rings. The molecule has 0 radical (unpaired) electrons. The summed E-state index contributed by atoms with van der Waals surface area (Å²) < 4.78 is 1.70. The number of benzene rings is 1. The van der Waals surface area contributed by atoms with E-state index in [9.17, 15) is 4.79 Å². The molecule has 0 saturated carbocycles. The summed E-state index contributed by atoms with van der Waals surface area (Å²) in [5.41, 5.74) is 0.929. The van der Waals surface area contributed by atoms with Crippen LogP contribution < -0.4 is 10.6 Å². The topological polar surface area (TPSA) is 84.7 Å². The predicted molar refractivity (Wildman–Crippen MR) is 101 cm³/mol. The number of carbonyl (C=O) groups is 1. The molecule has 1 atom stereocenters. The Bertz CT molecular complexity index is 844. The van der Waals surface area contributed by atoms with E-state index in [0.717, 1.165) is 17.1 Å². The van der Waals surface area contributed by atoms with Crippen LogP contribution in [-0.2, 0) is 5.54 Å². The fourth-order valence-electron chi connectivity index (χ4n) is 2.54. The van der Waals surface area contributed by atoms with E-state index in [2.05, 4.69) is 25.9 Å². The summed E-state index contributed by atoms with van der Waals surface area (Å²) in [5.74, 6) is 0. The fourth-order valence-corrected chi connectivity index (χ4v) is 3.32. The molecule has 0 saturated heterocycles. The minimum Gasteiger partial charge on any atom is -0.329 e. The maximum absolute atomic E-state index is 12.5. The van der Waals surface area contributed by atoms with E-state index in [0.29, 0.717) is 5.69 Å². The lowest BCUT2D eigenvalue weighted by Crippen LogP contribution is -2.47. The zero-order chi connectivity index (χ0) is 18.6. The summed E-state index contributed by atoms with van der Waals surface area (Å²) in [5, 5.41) is 17.1. The SMILES string of the molecule is CCC(NC(=O)NC(C)(C)c1cn(-c2ccccc2)nn1)c1nccs1. The summed E-state index contributed by atoms with van der Waals surface area (Å²) in [6, 6.07) is 9.37. The van der Waals surface area contributed by atoms with Crippen LogP contribution in [0.4, 0.5) is 4.79 Å². The maximum atomic E-state index is 12.5. The van der Waals surface area contributed by atoms with Gasteiger partial charge in [-0.15, -0.1) is 16.4 Å². The minimum absolute atomic E-state index is 0.106. The predicted octanol–water partition coefficient (Wildman–Crippen LogP) is 3.41. The van der Waals surface area contributed by atoms with Gasteiger partial charge in [0.2, 0.25) is 0 Å². The van der Waals surface area contributed by atoms with E-state index in [1.807, 2.05) is 62.7 Å². The third-order valence-corrected chi connectivity index (χ3v) is 4.93. The van der Waals surface area contributed by atoms with Gasteiger partial charge >= 0.3 is 6.03 Å². The van der Waals surface area contributed by atoms with Gasteiger partial charge in [-0.05, 0) is 32.4 Å². The standard InChI is InChI=1S/C18H22N6OS/c1-4-14(16-19-10-11-26-16)20-17(25)21-18(2,3)15-12-24(23-22-15)13-8-6-5-7-9-13/h5-12,14H,4H2,1-3H3,(H2,20,21,25). The number of carbonyl (C=O) groups excluding carboxylic acids is 1. The molecule has 1 aromatic carbocycles. The van der Waals surface area contributed by atoms with Gasteiger partial charge in [0.05, 0.1) is 23.5 Å². The third kappa shape index (κ3) is 4.08. The van der Waals surface area contributed by atoms with E-state index >= 15 is 0 Å². The Kier molecular flexibility index (Phi) is 5.32. The summed E-state index contributed by atoms with van der Waals surface area (Å²) in [7, 11) is 0. The Labute approximate surface area is 156 Å². The van der Waals surface area contributed by atoms with Crippen LogP contribution >= 0.6 is 11.3 Å². The van der Waals surface area contributed by atoms with Gasteiger partial charge in [0.15, 0.2) is 0 Å². The molecule has 3 rings (SSSR count). The van der Waals surface area contributed by atoms with Crippen LogP contribution in [-0.4, -0.2) is 26.0 Å². The number of rotatable bonds is 6. The number of nitrogens with one attached hydrogen (secondary N) is 2. The number of hydrogen-bond acceptors (Lipinski definition) is 5. The second-order valence-corrected chi connectivity index (χ2v) is 7.36. The third-order valence-electron chi connectivity index (χ3n) is 4.04. The van der Waals surface area contributed by atoms with Crippen LogP contribution in [0.2, 0.25) is 0 Å². The molecule has 2 heterocycles. The molecule has 0 spiro atoms. The number of thiazole rings is 1. The Morgan fingerprint density at radius 2 is 2.08 bits per heavy atom. The molecule has 2 aromatic heterocycles. The monoisotopic (exact) mass is 370 g/mol. The second kappa shape index (κ2) is 7.65. The molecular formula is C18H22N6OS. The molecule has 2 N–H and O–H groups in total. The first-order chi connectivity index (χ1) is 12.5. The Morgan fingerprint density at radius 1 is 1.31 bits per heavy atom. The summed E-state index contributed by atoms with van der Waals surface area (Å²) in [6.45, 7) is 5.81. The quantitative estimate of drug-likeness (QED) is 0.696. The van der Waals surface area contributed by atoms with Crippen molar-refractivity contribution in [3.63, 3.8) is 0 Å². The first-order valence-electron chi connectivity index (χ1n) is 8.46. The van der Waals surface area contributed by atoms with Crippen molar-refractivity contribution in [2.75, 3.05) is 0 Å². The van der Waals surface area contributed by atoms with Crippen LogP contribution in [0.15, 0.2) is 48.1 Å². The van der Waals surface area contributed by atoms with Crippen LogP contribution in [0.1, 0.15) is 43.9 Å². The number of amides is 2. The highest BCUT2D eigenvalue weighted by atomic mass is 32.1. The molecule has 0 aliphatic rings. The lowest BCUT2D eigenvalue weighted by molar-refractivity contribution is 0.225. The van der Waals surface area contributed by atoms with Crippen molar-refractivity contribution in [1.29, 1.82) is 0 Å². The number of urea groups is 1. The van der Waals surface area contributed by atoms with E-state index in [1.54, 1.807) is 10.9 Å². The lowest BCUT2D eigenvalue weighted by atomic mass is 10.0. The van der Waals surface area contributed by atoms with Gasteiger partial charge in [-0.2, -0.15) is 0 Å². The van der Waals surface area contributed by atoms with E-state index in [1.165, 1.54) is 11.3 Å². The second-order valence-electron chi connectivity index (χ2n) is 6.44. The first kappa shape index (κ1) is 18.1.